The van der Waals surface area contributed by atoms with Gasteiger partial charge in [-0.25, -0.2) is 4.79 Å². The molecule has 0 fully saturated rings. The Hall–Kier alpha value is -1.46. The second-order valence-corrected chi connectivity index (χ2v) is 4.19. The first kappa shape index (κ1) is 13.6. The highest BCUT2D eigenvalue weighted by atomic mass is 35.5. The number of ether oxygens (including phenoxy) is 1. The number of aliphatic carboxylic acids is 1. The zero-order valence-corrected chi connectivity index (χ0v) is 10.3. The Labute approximate surface area is 104 Å². The van der Waals surface area contributed by atoms with E-state index >= 15 is 0 Å². The van der Waals surface area contributed by atoms with Crippen LogP contribution in [0.2, 0.25) is 5.02 Å². The van der Waals surface area contributed by atoms with Gasteiger partial charge in [0.1, 0.15) is 5.75 Å². The number of aliphatic hydroxyl groups is 1. The molecule has 0 amide bonds. The maximum Gasteiger partial charge on any atom is 0.337 e. The van der Waals surface area contributed by atoms with Crippen LogP contribution in [-0.4, -0.2) is 35.4 Å². The van der Waals surface area contributed by atoms with E-state index in [2.05, 4.69) is 5.32 Å². The molecule has 1 aromatic carbocycles. The number of anilines is 1. The molecular weight excluding hydrogens is 246 g/mol. The van der Waals surface area contributed by atoms with Crippen LogP contribution in [0.15, 0.2) is 18.2 Å². The highest BCUT2D eigenvalue weighted by Crippen LogP contribution is 2.27. The van der Waals surface area contributed by atoms with Crippen molar-refractivity contribution < 1.29 is 19.7 Å². The summed E-state index contributed by atoms with van der Waals surface area (Å²) in [5.74, 6) is -0.758. The Kier molecular flexibility index (Phi) is 4.20. The number of carboxylic acids is 1. The summed E-state index contributed by atoms with van der Waals surface area (Å²) in [6.07, 6.45) is 0. The largest absolute Gasteiger partial charge is 0.495 e. The van der Waals surface area contributed by atoms with Crippen molar-refractivity contribution in [2.24, 2.45) is 0 Å². The monoisotopic (exact) mass is 259 g/mol. The normalized spacial score (nSPS) is 13.9. The van der Waals surface area contributed by atoms with E-state index in [1.165, 1.54) is 14.0 Å². The molecule has 0 heterocycles. The van der Waals surface area contributed by atoms with E-state index in [0.29, 0.717) is 16.5 Å². The van der Waals surface area contributed by atoms with E-state index in [0.717, 1.165) is 0 Å². The standard InChI is InChI=1S/C11H14ClNO4/c1-11(16,10(14)15)6-13-7-3-4-9(17-2)8(12)5-7/h3-5,13,16H,6H2,1-2H3,(H,14,15). The molecule has 5 nitrogen and oxygen atoms in total. The molecule has 0 aliphatic carbocycles. The predicted molar refractivity (Wildman–Crippen MR) is 64.8 cm³/mol. The van der Waals surface area contributed by atoms with Crippen molar-refractivity contribution in [3.8, 4) is 5.75 Å². The number of hydrogen-bond donors (Lipinski definition) is 3. The minimum atomic E-state index is -1.83. The maximum absolute atomic E-state index is 10.7. The van der Waals surface area contributed by atoms with E-state index in [9.17, 15) is 9.90 Å². The summed E-state index contributed by atoms with van der Waals surface area (Å²) in [5, 5.41) is 21.4. The van der Waals surface area contributed by atoms with Crippen LogP contribution in [0, 0.1) is 0 Å². The molecule has 0 saturated heterocycles. The third kappa shape index (κ3) is 3.51. The van der Waals surface area contributed by atoms with Crippen LogP contribution < -0.4 is 10.1 Å². The van der Waals surface area contributed by atoms with Gasteiger partial charge in [-0.05, 0) is 25.1 Å². The fraction of sp³-hybridized carbons (Fsp3) is 0.364. The van der Waals surface area contributed by atoms with Gasteiger partial charge in [-0.2, -0.15) is 0 Å². The summed E-state index contributed by atoms with van der Waals surface area (Å²) in [7, 11) is 1.50. The van der Waals surface area contributed by atoms with Gasteiger partial charge in [0.25, 0.3) is 0 Å². The second kappa shape index (κ2) is 5.25. The van der Waals surface area contributed by atoms with Gasteiger partial charge in [-0.15, -0.1) is 0 Å². The van der Waals surface area contributed by atoms with Crippen LogP contribution in [0.3, 0.4) is 0 Å². The summed E-state index contributed by atoms with van der Waals surface area (Å²) in [6.45, 7) is 1.10. The molecule has 94 valence electrons. The van der Waals surface area contributed by atoms with E-state index in [4.69, 9.17) is 21.4 Å². The van der Waals surface area contributed by atoms with Gasteiger partial charge >= 0.3 is 5.97 Å². The van der Waals surface area contributed by atoms with E-state index in [1.54, 1.807) is 18.2 Å². The lowest BCUT2D eigenvalue weighted by Gasteiger charge is -2.19. The van der Waals surface area contributed by atoms with Crippen molar-refractivity contribution in [1.29, 1.82) is 0 Å². The number of hydrogen-bond acceptors (Lipinski definition) is 4. The predicted octanol–water partition coefficient (Wildman–Crippen LogP) is 1.60. The van der Waals surface area contributed by atoms with E-state index in [1.807, 2.05) is 0 Å². The molecule has 3 N–H and O–H groups in total. The number of carbonyl (C=O) groups is 1. The lowest BCUT2D eigenvalue weighted by atomic mass is 10.1. The first-order chi connectivity index (χ1) is 7.86. The van der Waals surface area contributed by atoms with Gasteiger partial charge in [-0.3, -0.25) is 0 Å². The molecule has 6 heteroatoms. The summed E-state index contributed by atoms with van der Waals surface area (Å²) < 4.78 is 4.98. The minimum absolute atomic E-state index is 0.120. The number of rotatable bonds is 5. The van der Waals surface area contributed by atoms with Gasteiger partial charge < -0.3 is 20.3 Å². The summed E-state index contributed by atoms with van der Waals surface area (Å²) in [6, 6.07) is 4.93. The molecule has 1 aromatic rings. The molecule has 0 spiro atoms. The van der Waals surface area contributed by atoms with Gasteiger partial charge in [0.15, 0.2) is 5.60 Å². The van der Waals surface area contributed by atoms with E-state index in [-0.39, 0.29) is 6.54 Å². The Morgan fingerprint density at radius 3 is 2.71 bits per heavy atom. The molecule has 1 atom stereocenters. The molecular formula is C11H14ClNO4. The van der Waals surface area contributed by atoms with E-state index < -0.39 is 11.6 Å². The van der Waals surface area contributed by atoms with Crippen LogP contribution in [0.1, 0.15) is 6.92 Å². The fourth-order valence-corrected chi connectivity index (χ4v) is 1.38. The number of halogens is 1. The quantitative estimate of drug-likeness (QED) is 0.749. The molecule has 0 aromatic heterocycles. The maximum atomic E-state index is 10.7. The molecule has 0 aliphatic heterocycles. The average Bonchev–Trinajstić information content (AvgIpc) is 2.26. The highest BCUT2D eigenvalue weighted by molar-refractivity contribution is 6.32. The van der Waals surface area contributed by atoms with Crippen molar-refractivity contribution in [3.63, 3.8) is 0 Å². The minimum Gasteiger partial charge on any atom is -0.495 e. The van der Waals surface area contributed by atoms with Crippen molar-refractivity contribution in [2.75, 3.05) is 19.0 Å². The van der Waals surface area contributed by atoms with Crippen molar-refractivity contribution in [1.82, 2.24) is 0 Å². The first-order valence-corrected chi connectivity index (χ1v) is 5.28. The van der Waals surface area contributed by atoms with Crippen molar-refractivity contribution >= 4 is 23.3 Å². The molecule has 1 unspecified atom stereocenters. The van der Waals surface area contributed by atoms with Gasteiger partial charge in [-0.1, -0.05) is 11.6 Å². The SMILES string of the molecule is COc1ccc(NCC(C)(O)C(=O)O)cc1Cl. The Bertz CT molecular complexity index is 420. The summed E-state index contributed by atoms with van der Waals surface area (Å²) >= 11 is 5.90. The van der Waals surface area contributed by atoms with Crippen molar-refractivity contribution in [3.05, 3.63) is 23.2 Å². The second-order valence-electron chi connectivity index (χ2n) is 3.78. The molecule has 0 saturated carbocycles. The Morgan fingerprint density at radius 2 is 2.24 bits per heavy atom. The van der Waals surface area contributed by atoms with Crippen LogP contribution in [0.4, 0.5) is 5.69 Å². The number of carboxylic acid groups (broad SMARTS) is 1. The number of benzene rings is 1. The number of methoxy groups -OCH3 is 1. The third-order valence-electron chi connectivity index (χ3n) is 2.25. The van der Waals surface area contributed by atoms with Crippen LogP contribution in [0.5, 0.6) is 5.75 Å². The molecule has 0 aliphatic rings. The van der Waals surface area contributed by atoms with Crippen molar-refractivity contribution in [2.45, 2.75) is 12.5 Å². The lowest BCUT2D eigenvalue weighted by Crippen LogP contribution is -2.41. The highest BCUT2D eigenvalue weighted by Gasteiger charge is 2.29. The topological polar surface area (TPSA) is 78.8 Å². The molecule has 0 radical (unpaired) electrons. The fourth-order valence-electron chi connectivity index (χ4n) is 1.13. The molecule has 0 bridgehead atoms. The zero-order valence-electron chi connectivity index (χ0n) is 9.53. The zero-order chi connectivity index (χ0) is 13.1. The average molecular weight is 260 g/mol. The summed E-state index contributed by atoms with van der Waals surface area (Å²) in [4.78, 5) is 10.7. The lowest BCUT2D eigenvalue weighted by molar-refractivity contribution is -0.155. The van der Waals surface area contributed by atoms with Gasteiger partial charge in [0.2, 0.25) is 0 Å². The van der Waals surface area contributed by atoms with Gasteiger partial charge in [0, 0.05) is 5.69 Å². The Balaban J connectivity index is 2.71. The Morgan fingerprint density at radius 1 is 1.59 bits per heavy atom. The van der Waals surface area contributed by atoms with Crippen LogP contribution in [-0.2, 0) is 4.79 Å². The summed E-state index contributed by atoms with van der Waals surface area (Å²) in [5.41, 5.74) is -1.22. The van der Waals surface area contributed by atoms with Crippen LogP contribution in [0.25, 0.3) is 0 Å². The molecule has 1 rings (SSSR count). The van der Waals surface area contributed by atoms with Crippen LogP contribution >= 0.6 is 11.6 Å². The third-order valence-corrected chi connectivity index (χ3v) is 2.54. The van der Waals surface area contributed by atoms with Gasteiger partial charge in [0.05, 0.1) is 18.7 Å². The smallest absolute Gasteiger partial charge is 0.337 e. The number of nitrogens with one attached hydrogen (secondary N) is 1. The molecule has 17 heavy (non-hydrogen) atoms. The first-order valence-electron chi connectivity index (χ1n) is 4.90.